The first kappa shape index (κ1) is 19.4. The molecule has 1 aromatic carbocycles. The molecule has 1 heterocycles. The minimum absolute atomic E-state index is 0. The summed E-state index contributed by atoms with van der Waals surface area (Å²) in [5, 5.41) is 0. The Morgan fingerprint density at radius 3 is 2.95 bits per heavy atom. The standard InChI is InChI=1S/C14H14FINO2S.Y/c1-17-11(7-6-10(16)14(17)18)13-9(15)4-3-5-12(13)19-8-20-2;/h3-5,10H,6,8H2,1-2H3;/q-1;. The molecule has 7 heteroatoms. The van der Waals surface area contributed by atoms with E-state index in [0.29, 0.717) is 29.4 Å². The van der Waals surface area contributed by atoms with Gasteiger partial charge in [0.1, 0.15) is 5.94 Å². The second-order valence-corrected chi connectivity index (χ2v) is 6.57. The predicted molar refractivity (Wildman–Crippen MR) is 87.3 cm³/mol. The maximum atomic E-state index is 14.2. The molecule has 1 atom stereocenters. The second-order valence-electron chi connectivity index (χ2n) is 4.26. The monoisotopic (exact) mass is 495 g/mol. The summed E-state index contributed by atoms with van der Waals surface area (Å²) in [6, 6.07) is 4.67. The van der Waals surface area contributed by atoms with Crippen LogP contribution >= 0.6 is 34.4 Å². The number of ether oxygens (including phenoxy) is 1. The van der Waals surface area contributed by atoms with Crippen molar-refractivity contribution in [2.45, 2.75) is 10.3 Å². The molecular weight excluding hydrogens is 481 g/mol. The Morgan fingerprint density at radius 2 is 2.29 bits per heavy atom. The van der Waals surface area contributed by atoms with E-state index in [2.05, 4.69) is 28.7 Å². The van der Waals surface area contributed by atoms with E-state index in [0.717, 1.165) is 0 Å². The van der Waals surface area contributed by atoms with Gasteiger partial charge in [0.25, 0.3) is 0 Å². The van der Waals surface area contributed by atoms with Crippen molar-refractivity contribution in [2.75, 3.05) is 19.2 Å². The molecule has 0 spiro atoms. The number of halogens is 2. The zero-order chi connectivity index (χ0) is 14.7. The number of carbonyl (C=O) groups excluding carboxylic acids is 1. The number of hydrogen-bond donors (Lipinski definition) is 0. The molecule has 0 aliphatic carbocycles. The molecule has 1 aliphatic rings. The van der Waals surface area contributed by atoms with Crippen molar-refractivity contribution >= 4 is 46.0 Å². The molecule has 0 saturated carbocycles. The molecule has 1 radical (unpaired) electrons. The molecule has 111 valence electrons. The topological polar surface area (TPSA) is 29.5 Å². The molecule has 21 heavy (non-hydrogen) atoms. The van der Waals surface area contributed by atoms with Crippen molar-refractivity contribution in [2.24, 2.45) is 0 Å². The number of benzene rings is 1. The normalized spacial score (nSPS) is 18.1. The van der Waals surface area contributed by atoms with Crippen LogP contribution in [0.15, 0.2) is 18.2 Å². The first-order valence-corrected chi connectivity index (χ1v) is 8.63. The van der Waals surface area contributed by atoms with Crippen molar-refractivity contribution < 1.29 is 46.6 Å². The van der Waals surface area contributed by atoms with Gasteiger partial charge in [-0.05, 0) is 18.4 Å². The van der Waals surface area contributed by atoms with E-state index in [1.54, 1.807) is 19.2 Å². The third-order valence-corrected chi connectivity index (χ3v) is 4.25. The fraction of sp³-hybridized carbons (Fsp3) is 0.357. The maximum absolute atomic E-state index is 14.2. The van der Waals surface area contributed by atoms with Gasteiger partial charge in [0.15, 0.2) is 0 Å². The fourth-order valence-corrected chi connectivity index (χ4v) is 2.83. The van der Waals surface area contributed by atoms with E-state index < -0.39 is 5.82 Å². The van der Waals surface area contributed by atoms with E-state index in [-0.39, 0.29) is 42.5 Å². The number of thioether (sulfide) groups is 1. The summed E-state index contributed by atoms with van der Waals surface area (Å²) in [6.45, 7) is 0. The summed E-state index contributed by atoms with van der Waals surface area (Å²) in [4.78, 5) is 13.5. The molecule has 1 unspecified atom stereocenters. The number of amides is 1. The number of rotatable bonds is 4. The van der Waals surface area contributed by atoms with Crippen LogP contribution in [0.5, 0.6) is 5.75 Å². The van der Waals surface area contributed by atoms with E-state index in [4.69, 9.17) is 4.74 Å². The zero-order valence-corrected chi connectivity index (χ0v) is 17.5. The summed E-state index contributed by atoms with van der Waals surface area (Å²) in [5.41, 5.74) is 0.762. The largest absolute Gasteiger partial charge is 0.501 e. The summed E-state index contributed by atoms with van der Waals surface area (Å²) in [5.74, 6) is 0.417. The van der Waals surface area contributed by atoms with Crippen LogP contribution in [0.4, 0.5) is 4.39 Å². The molecule has 0 bridgehead atoms. The molecule has 1 amide bonds. The summed E-state index contributed by atoms with van der Waals surface area (Å²) in [7, 11) is 1.64. The minimum Gasteiger partial charge on any atom is -0.501 e. The summed E-state index contributed by atoms with van der Waals surface area (Å²) >= 11 is 3.58. The zero-order valence-electron chi connectivity index (χ0n) is 11.7. The molecule has 1 aliphatic heterocycles. The van der Waals surface area contributed by atoms with E-state index in [1.165, 1.54) is 22.7 Å². The van der Waals surface area contributed by atoms with Crippen LogP contribution in [0.3, 0.4) is 0 Å². The van der Waals surface area contributed by atoms with Gasteiger partial charge in [-0.25, -0.2) is 10.5 Å². The molecule has 0 fully saturated rings. The van der Waals surface area contributed by atoms with Gasteiger partial charge < -0.3 is 9.64 Å². The van der Waals surface area contributed by atoms with Gasteiger partial charge in [-0.15, -0.1) is 17.5 Å². The minimum atomic E-state index is -0.405. The number of nitrogens with zero attached hydrogens (tertiary/aromatic N) is 1. The number of hydrogen-bond acceptors (Lipinski definition) is 3. The number of alkyl halides is 1. The second kappa shape index (κ2) is 8.84. The van der Waals surface area contributed by atoms with Crippen LogP contribution in [0, 0.1) is 11.9 Å². The van der Waals surface area contributed by atoms with Gasteiger partial charge in [0.05, 0.1) is 15.5 Å². The Morgan fingerprint density at radius 1 is 1.57 bits per heavy atom. The van der Waals surface area contributed by atoms with Gasteiger partial charge in [-0.3, -0.25) is 4.79 Å². The Hall–Kier alpha value is 0.344. The van der Waals surface area contributed by atoms with Gasteiger partial charge >= 0.3 is 0 Å². The Labute approximate surface area is 167 Å². The maximum Gasteiger partial charge on any atom is 0.235 e. The third kappa shape index (κ3) is 4.42. The van der Waals surface area contributed by atoms with Crippen LogP contribution in [0.25, 0.3) is 5.70 Å². The van der Waals surface area contributed by atoms with E-state index in [1.807, 2.05) is 6.26 Å². The smallest absolute Gasteiger partial charge is 0.235 e. The first-order valence-electron chi connectivity index (χ1n) is 5.99. The van der Waals surface area contributed by atoms with Crippen LogP contribution in [-0.4, -0.2) is 34.0 Å². The molecule has 0 N–H and O–H groups in total. The fourth-order valence-electron chi connectivity index (χ4n) is 1.95. The summed E-state index contributed by atoms with van der Waals surface area (Å²) < 4.78 is 19.6. The Bertz CT molecular complexity index is 556. The average molecular weight is 495 g/mol. The molecule has 1 aromatic rings. The van der Waals surface area contributed by atoms with Gasteiger partial charge in [0, 0.05) is 39.8 Å². The Kier molecular flexibility index (Phi) is 8.16. The molecule has 2 rings (SSSR count). The van der Waals surface area contributed by atoms with Crippen molar-refractivity contribution in [1.29, 1.82) is 0 Å². The molecular formula is C14H14FINO2SY-. The van der Waals surface area contributed by atoms with E-state index >= 15 is 0 Å². The number of carbonyl (C=O) groups is 1. The van der Waals surface area contributed by atoms with Gasteiger partial charge in [0.2, 0.25) is 5.91 Å². The van der Waals surface area contributed by atoms with E-state index in [9.17, 15) is 9.18 Å². The first-order chi connectivity index (χ1) is 9.56. The van der Waals surface area contributed by atoms with Crippen LogP contribution in [0.2, 0.25) is 0 Å². The molecule has 0 aromatic heterocycles. The number of allylic oxidation sites excluding steroid dienone is 1. The summed E-state index contributed by atoms with van der Waals surface area (Å²) in [6.07, 6.45) is 5.50. The average Bonchev–Trinajstić information content (AvgIpc) is 2.44. The van der Waals surface area contributed by atoms with Gasteiger partial charge in [-0.1, -0.05) is 40.6 Å². The van der Waals surface area contributed by atoms with Gasteiger partial charge in [-0.2, -0.15) is 0 Å². The van der Waals surface area contributed by atoms with Crippen molar-refractivity contribution in [1.82, 2.24) is 4.90 Å². The Balaban J connectivity index is 0.00000220. The van der Waals surface area contributed by atoms with Crippen molar-refractivity contribution in [3.8, 4) is 5.75 Å². The molecule has 0 saturated heterocycles. The molecule has 3 nitrogen and oxygen atoms in total. The quantitative estimate of drug-likeness (QED) is 0.278. The van der Waals surface area contributed by atoms with Crippen molar-refractivity contribution in [3.63, 3.8) is 0 Å². The SMILES string of the molecule is CSCOc1cccc(F)c1C1=[C-]CC(I)C(=O)N1C.[Y]. The van der Waals surface area contributed by atoms with Crippen LogP contribution in [-0.2, 0) is 37.5 Å². The predicted octanol–water partition coefficient (Wildman–Crippen LogP) is 3.33. The van der Waals surface area contributed by atoms with Crippen LogP contribution in [0.1, 0.15) is 12.0 Å². The van der Waals surface area contributed by atoms with Crippen LogP contribution < -0.4 is 4.74 Å². The van der Waals surface area contributed by atoms with Crippen molar-refractivity contribution in [3.05, 3.63) is 35.7 Å². The third-order valence-electron chi connectivity index (χ3n) is 2.93.